The summed E-state index contributed by atoms with van der Waals surface area (Å²) in [6, 6.07) is 5.31. The van der Waals surface area contributed by atoms with Crippen LogP contribution in [0.3, 0.4) is 0 Å². The van der Waals surface area contributed by atoms with E-state index in [2.05, 4.69) is 5.32 Å². The minimum atomic E-state index is -1.45. The Morgan fingerprint density at radius 3 is 2.33 bits per heavy atom. The van der Waals surface area contributed by atoms with E-state index in [9.17, 15) is 20.0 Å². The number of nitro benzene ring substituents is 1. The number of anilines is 1. The smallest absolute Gasteiger partial charge is 0.293 e. The molecule has 0 aliphatic rings. The molecule has 0 unspecified atom stereocenters. The topological polar surface area (TPSA) is 143 Å². The summed E-state index contributed by atoms with van der Waals surface area (Å²) in [5.74, 6) is -1.45. The summed E-state index contributed by atoms with van der Waals surface area (Å²) in [6.45, 7) is -0.641. The maximum atomic E-state index is 10.7. The summed E-state index contributed by atoms with van der Waals surface area (Å²) in [5, 5.41) is 40.7. The van der Waals surface area contributed by atoms with E-state index in [1.54, 1.807) is 12.1 Å². The maximum absolute atomic E-state index is 10.7. The zero-order valence-electron chi connectivity index (χ0n) is 8.84. The summed E-state index contributed by atoms with van der Waals surface area (Å²) in [5.41, 5.74) is -0.862. The lowest BCUT2D eigenvalue weighted by Gasteiger charge is -2.08. The predicted molar refractivity (Wildman–Crippen MR) is 56.0 cm³/mol. The number of nitro groups is 1. The first kappa shape index (κ1) is 12.9. The minimum absolute atomic E-state index is 0.0797. The number of aliphatic carboxylic acids is 1. The van der Waals surface area contributed by atoms with E-state index in [-0.39, 0.29) is 16.8 Å². The SMILES string of the molecule is N#Cc1cc(NCC(=O)[O-])c([N+](=O)[O-])cc1C#N. The van der Waals surface area contributed by atoms with Gasteiger partial charge in [0.05, 0.1) is 28.6 Å². The van der Waals surface area contributed by atoms with Gasteiger partial charge in [0.25, 0.3) is 5.69 Å². The third kappa shape index (κ3) is 2.71. The first-order chi connectivity index (χ1) is 8.49. The molecule has 0 saturated carbocycles. The maximum Gasteiger partial charge on any atom is 0.293 e. The van der Waals surface area contributed by atoms with Gasteiger partial charge in [-0.3, -0.25) is 10.1 Å². The number of carboxylic acids is 1. The fourth-order valence-electron chi connectivity index (χ4n) is 1.23. The fourth-order valence-corrected chi connectivity index (χ4v) is 1.23. The standard InChI is InChI=1S/C10H6N4O4/c11-3-6-1-8(13-5-10(15)16)9(14(17)18)2-7(6)4-12/h1-2,13H,5H2,(H,15,16)/p-1. The molecular weight excluding hydrogens is 240 g/mol. The number of carbonyl (C=O) groups is 1. The number of nitriles is 2. The highest BCUT2D eigenvalue weighted by molar-refractivity contribution is 5.75. The van der Waals surface area contributed by atoms with Crippen LogP contribution in [0, 0.1) is 32.8 Å². The Labute approximate surface area is 101 Å². The molecule has 0 spiro atoms. The van der Waals surface area contributed by atoms with Gasteiger partial charge in [0.1, 0.15) is 17.8 Å². The molecule has 18 heavy (non-hydrogen) atoms. The normalized spacial score (nSPS) is 9.00. The van der Waals surface area contributed by atoms with Crippen molar-refractivity contribution < 1.29 is 14.8 Å². The molecule has 0 atom stereocenters. The number of carboxylic acid groups (broad SMARTS) is 1. The third-order valence-corrected chi connectivity index (χ3v) is 2.00. The van der Waals surface area contributed by atoms with Crippen LogP contribution < -0.4 is 10.4 Å². The molecule has 0 aliphatic carbocycles. The lowest BCUT2D eigenvalue weighted by Crippen LogP contribution is -2.30. The van der Waals surface area contributed by atoms with Crippen molar-refractivity contribution in [2.24, 2.45) is 0 Å². The van der Waals surface area contributed by atoms with Gasteiger partial charge in [0, 0.05) is 6.07 Å². The molecule has 1 rings (SSSR count). The van der Waals surface area contributed by atoms with Crippen LogP contribution in [0.2, 0.25) is 0 Å². The van der Waals surface area contributed by atoms with Crippen molar-refractivity contribution in [3.05, 3.63) is 33.4 Å². The molecule has 8 heteroatoms. The van der Waals surface area contributed by atoms with Crippen molar-refractivity contribution in [1.29, 1.82) is 10.5 Å². The Morgan fingerprint density at radius 1 is 1.33 bits per heavy atom. The second kappa shape index (κ2) is 5.27. The number of nitrogens with zero attached hydrogens (tertiary/aromatic N) is 3. The van der Waals surface area contributed by atoms with E-state index in [4.69, 9.17) is 10.5 Å². The van der Waals surface area contributed by atoms with Crippen molar-refractivity contribution >= 4 is 17.3 Å². The molecule has 0 saturated heterocycles. The molecule has 0 fully saturated rings. The molecule has 8 nitrogen and oxygen atoms in total. The molecule has 0 aliphatic heterocycles. The van der Waals surface area contributed by atoms with E-state index in [1.165, 1.54) is 0 Å². The van der Waals surface area contributed by atoms with Crippen LogP contribution in [0.15, 0.2) is 12.1 Å². The summed E-state index contributed by atoms with van der Waals surface area (Å²) in [7, 11) is 0. The lowest BCUT2D eigenvalue weighted by molar-refractivity contribution is -0.384. The number of hydrogen-bond acceptors (Lipinski definition) is 7. The van der Waals surface area contributed by atoms with E-state index in [0.29, 0.717) is 0 Å². The van der Waals surface area contributed by atoms with Gasteiger partial charge in [0.15, 0.2) is 0 Å². The molecule has 0 amide bonds. The van der Waals surface area contributed by atoms with Gasteiger partial charge in [-0.25, -0.2) is 0 Å². The zero-order chi connectivity index (χ0) is 13.7. The molecule has 0 radical (unpaired) electrons. The van der Waals surface area contributed by atoms with E-state index >= 15 is 0 Å². The number of benzene rings is 1. The first-order valence-corrected chi connectivity index (χ1v) is 4.56. The molecule has 90 valence electrons. The van der Waals surface area contributed by atoms with Crippen LogP contribution in [-0.2, 0) is 4.79 Å². The number of hydrogen-bond donors (Lipinski definition) is 1. The highest BCUT2D eigenvalue weighted by Crippen LogP contribution is 2.27. The molecule has 1 aromatic rings. The van der Waals surface area contributed by atoms with Crippen molar-refractivity contribution in [1.82, 2.24) is 0 Å². The van der Waals surface area contributed by atoms with Gasteiger partial charge in [-0.2, -0.15) is 10.5 Å². The molecule has 0 aromatic heterocycles. The van der Waals surface area contributed by atoms with E-state index in [1.807, 2.05) is 0 Å². The zero-order valence-corrected chi connectivity index (χ0v) is 8.84. The van der Waals surface area contributed by atoms with Crippen LogP contribution in [0.5, 0.6) is 0 Å². The van der Waals surface area contributed by atoms with Gasteiger partial charge in [-0.1, -0.05) is 0 Å². The van der Waals surface area contributed by atoms with Gasteiger partial charge >= 0.3 is 0 Å². The average molecular weight is 245 g/mol. The Morgan fingerprint density at radius 2 is 1.89 bits per heavy atom. The van der Waals surface area contributed by atoms with Crippen LogP contribution in [-0.4, -0.2) is 17.4 Å². The van der Waals surface area contributed by atoms with Gasteiger partial charge in [-0.15, -0.1) is 0 Å². The average Bonchev–Trinajstić information content (AvgIpc) is 2.34. The monoisotopic (exact) mass is 245 g/mol. The van der Waals surface area contributed by atoms with Crippen LogP contribution in [0.4, 0.5) is 11.4 Å². The quantitative estimate of drug-likeness (QED) is 0.556. The minimum Gasteiger partial charge on any atom is -0.548 e. The second-order valence-electron chi connectivity index (χ2n) is 3.12. The van der Waals surface area contributed by atoms with Crippen molar-refractivity contribution in [2.75, 3.05) is 11.9 Å². The Bertz CT molecular complexity index is 597. The van der Waals surface area contributed by atoms with Crippen molar-refractivity contribution in [3.8, 4) is 12.1 Å². The van der Waals surface area contributed by atoms with E-state index in [0.717, 1.165) is 12.1 Å². The lowest BCUT2D eigenvalue weighted by atomic mass is 10.1. The van der Waals surface area contributed by atoms with Crippen LogP contribution >= 0.6 is 0 Å². The Hall–Kier alpha value is -3.13. The van der Waals surface area contributed by atoms with Crippen LogP contribution in [0.1, 0.15) is 11.1 Å². The molecule has 0 bridgehead atoms. The third-order valence-electron chi connectivity index (χ3n) is 2.00. The fraction of sp³-hybridized carbons (Fsp3) is 0.100. The van der Waals surface area contributed by atoms with Crippen molar-refractivity contribution in [3.63, 3.8) is 0 Å². The molecular formula is C10H5N4O4-. The Balaban J connectivity index is 3.31. The molecule has 1 aromatic carbocycles. The largest absolute Gasteiger partial charge is 0.548 e. The highest BCUT2D eigenvalue weighted by atomic mass is 16.6. The van der Waals surface area contributed by atoms with Gasteiger partial charge < -0.3 is 15.2 Å². The van der Waals surface area contributed by atoms with E-state index < -0.39 is 23.1 Å². The van der Waals surface area contributed by atoms with Crippen LogP contribution in [0.25, 0.3) is 0 Å². The predicted octanol–water partition coefficient (Wildman–Crippen LogP) is -0.500. The number of rotatable bonds is 4. The van der Waals surface area contributed by atoms with Gasteiger partial charge in [0.2, 0.25) is 0 Å². The molecule has 1 N–H and O–H groups in total. The summed E-state index contributed by atoms with van der Waals surface area (Å²) in [6.07, 6.45) is 0. The highest BCUT2D eigenvalue weighted by Gasteiger charge is 2.18. The van der Waals surface area contributed by atoms with Gasteiger partial charge in [-0.05, 0) is 6.07 Å². The summed E-state index contributed by atoms with van der Waals surface area (Å²) >= 11 is 0. The number of nitrogens with one attached hydrogen (secondary N) is 1. The number of carbonyl (C=O) groups excluding carboxylic acids is 1. The first-order valence-electron chi connectivity index (χ1n) is 4.56. The second-order valence-corrected chi connectivity index (χ2v) is 3.12. The Kier molecular flexibility index (Phi) is 3.79. The summed E-state index contributed by atoms with van der Waals surface area (Å²) < 4.78 is 0. The summed E-state index contributed by atoms with van der Waals surface area (Å²) in [4.78, 5) is 20.2. The van der Waals surface area contributed by atoms with Crippen molar-refractivity contribution in [2.45, 2.75) is 0 Å². The molecule has 0 heterocycles.